The Bertz CT molecular complexity index is 435. The fraction of sp³-hybridized carbons (Fsp3) is 0.533. The van der Waals surface area contributed by atoms with Crippen LogP contribution in [0.15, 0.2) is 30.3 Å². The van der Waals surface area contributed by atoms with Crippen molar-refractivity contribution in [2.24, 2.45) is 5.73 Å². The van der Waals surface area contributed by atoms with Gasteiger partial charge in [-0.2, -0.15) is 0 Å². The lowest BCUT2D eigenvalue weighted by Gasteiger charge is -2.33. The smallest absolute Gasteiger partial charge is 0.331 e. The maximum absolute atomic E-state index is 12.2. The van der Waals surface area contributed by atoms with Gasteiger partial charge in [-0.05, 0) is 31.9 Å². The zero-order chi connectivity index (χ0) is 13.9. The van der Waals surface area contributed by atoms with Crippen LogP contribution in [0.3, 0.4) is 0 Å². The Hall–Kier alpha value is -1.39. The average Bonchev–Trinajstić information content (AvgIpc) is 2.84. The minimum absolute atomic E-state index is 0.377. The number of hydrogen-bond donors (Lipinski definition) is 1. The van der Waals surface area contributed by atoms with E-state index in [0.29, 0.717) is 12.6 Å². The van der Waals surface area contributed by atoms with Crippen LogP contribution in [0.5, 0.6) is 0 Å². The highest BCUT2D eigenvalue weighted by atomic mass is 16.5. The minimum atomic E-state index is -1.09. The monoisotopic (exact) mass is 262 g/mol. The van der Waals surface area contributed by atoms with Crippen molar-refractivity contribution in [2.45, 2.75) is 31.3 Å². The Balaban J connectivity index is 2.27. The Morgan fingerprint density at radius 3 is 2.68 bits per heavy atom. The zero-order valence-electron chi connectivity index (χ0n) is 11.6. The van der Waals surface area contributed by atoms with Gasteiger partial charge in [-0.3, -0.25) is 4.90 Å². The summed E-state index contributed by atoms with van der Waals surface area (Å²) in [7, 11) is 1.39. The summed E-state index contributed by atoms with van der Waals surface area (Å²) < 4.78 is 4.92. The second-order valence-corrected chi connectivity index (χ2v) is 5.29. The van der Waals surface area contributed by atoms with Gasteiger partial charge in [0.05, 0.1) is 7.11 Å². The molecule has 1 saturated heterocycles. The number of nitrogens with zero attached hydrogens (tertiary/aromatic N) is 1. The molecular weight excluding hydrogens is 240 g/mol. The van der Waals surface area contributed by atoms with E-state index < -0.39 is 5.54 Å². The van der Waals surface area contributed by atoms with E-state index in [4.69, 9.17) is 10.5 Å². The number of hydrogen-bond acceptors (Lipinski definition) is 4. The van der Waals surface area contributed by atoms with Gasteiger partial charge in [-0.15, -0.1) is 0 Å². The van der Waals surface area contributed by atoms with E-state index in [1.165, 1.54) is 7.11 Å². The van der Waals surface area contributed by atoms with Gasteiger partial charge in [0.25, 0.3) is 0 Å². The first-order valence-corrected chi connectivity index (χ1v) is 6.75. The van der Waals surface area contributed by atoms with Crippen LogP contribution < -0.4 is 5.73 Å². The molecule has 1 aliphatic heterocycles. The molecule has 1 aliphatic rings. The normalized spacial score (nSPS) is 23.0. The summed E-state index contributed by atoms with van der Waals surface area (Å²) in [5, 5.41) is 0. The number of methoxy groups -OCH3 is 1. The second kappa shape index (κ2) is 5.72. The predicted molar refractivity (Wildman–Crippen MR) is 74.6 cm³/mol. The van der Waals surface area contributed by atoms with E-state index in [0.717, 1.165) is 24.9 Å². The molecule has 2 atom stereocenters. The summed E-state index contributed by atoms with van der Waals surface area (Å²) in [4.78, 5) is 14.4. The highest BCUT2D eigenvalue weighted by molar-refractivity contribution is 5.82. The van der Waals surface area contributed by atoms with Crippen molar-refractivity contribution in [1.29, 1.82) is 0 Å². The predicted octanol–water partition coefficient (Wildman–Crippen LogP) is 1.50. The van der Waals surface area contributed by atoms with E-state index >= 15 is 0 Å². The molecule has 0 saturated carbocycles. The molecule has 19 heavy (non-hydrogen) atoms. The Kier molecular flexibility index (Phi) is 4.22. The number of likely N-dealkylation sites (tertiary alicyclic amines) is 1. The standard InChI is InChI=1S/C15H22N2O2/c1-12-7-6-10-17(12)11-15(16,14(18)19-2)13-8-4-3-5-9-13/h3-5,8-9,12H,6-7,10-11,16H2,1-2H3. The zero-order valence-corrected chi connectivity index (χ0v) is 11.6. The van der Waals surface area contributed by atoms with Crippen LogP contribution in [-0.2, 0) is 15.1 Å². The largest absolute Gasteiger partial charge is 0.467 e. The molecule has 1 heterocycles. The third-order valence-corrected chi connectivity index (χ3v) is 3.98. The first-order valence-electron chi connectivity index (χ1n) is 6.75. The molecule has 2 N–H and O–H groups in total. The summed E-state index contributed by atoms with van der Waals surface area (Å²) in [5.74, 6) is -0.377. The molecule has 1 aromatic rings. The molecule has 1 fully saturated rings. The summed E-state index contributed by atoms with van der Waals surface area (Å²) in [6, 6.07) is 9.95. The molecule has 104 valence electrons. The lowest BCUT2D eigenvalue weighted by atomic mass is 9.90. The fourth-order valence-electron chi connectivity index (χ4n) is 2.74. The number of carbonyl (C=O) groups is 1. The van der Waals surface area contributed by atoms with Gasteiger partial charge in [0.2, 0.25) is 0 Å². The van der Waals surface area contributed by atoms with Crippen molar-refractivity contribution in [3.63, 3.8) is 0 Å². The molecule has 1 aromatic carbocycles. The molecule has 2 unspecified atom stereocenters. The lowest BCUT2D eigenvalue weighted by molar-refractivity contribution is -0.148. The van der Waals surface area contributed by atoms with Gasteiger partial charge in [0.1, 0.15) is 0 Å². The molecule has 0 radical (unpaired) electrons. The van der Waals surface area contributed by atoms with E-state index in [1.807, 2.05) is 30.3 Å². The molecular formula is C15H22N2O2. The van der Waals surface area contributed by atoms with Crippen molar-refractivity contribution in [1.82, 2.24) is 4.90 Å². The van der Waals surface area contributed by atoms with Gasteiger partial charge in [-0.1, -0.05) is 30.3 Å². The molecule has 0 spiro atoms. The number of nitrogens with two attached hydrogens (primary N) is 1. The van der Waals surface area contributed by atoms with Gasteiger partial charge >= 0.3 is 5.97 Å². The third kappa shape index (κ3) is 2.80. The SMILES string of the molecule is COC(=O)C(N)(CN1CCCC1C)c1ccccc1. The van der Waals surface area contributed by atoms with E-state index in [2.05, 4.69) is 11.8 Å². The van der Waals surface area contributed by atoms with Crippen LogP contribution in [0.25, 0.3) is 0 Å². The number of ether oxygens (including phenoxy) is 1. The molecule has 4 heteroatoms. The highest BCUT2D eigenvalue weighted by Crippen LogP contribution is 2.26. The van der Waals surface area contributed by atoms with Crippen LogP contribution in [-0.4, -0.2) is 37.1 Å². The Morgan fingerprint density at radius 2 is 2.16 bits per heavy atom. The number of benzene rings is 1. The molecule has 0 bridgehead atoms. The van der Waals surface area contributed by atoms with Crippen LogP contribution >= 0.6 is 0 Å². The van der Waals surface area contributed by atoms with Crippen LogP contribution in [0.4, 0.5) is 0 Å². The van der Waals surface area contributed by atoms with Crippen LogP contribution in [0.2, 0.25) is 0 Å². The molecule has 0 aliphatic carbocycles. The summed E-state index contributed by atoms with van der Waals surface area (Å²) in [6.45, 7) is 3.67. The van der Waals surface area contributed by atoms with Gasteiger partial charge in [-0.25, -0.2) is 4.79 Å². The van der Waals surface area contributed by atoms with Gasteiger partial charge in [0.15, 0.2) is 5.54 Å². The van der Waals surface area contributed by atoms with Crippen LogP contribution in [0, 0.1) is 0 Å². The molecule has 4 nitrogen and oxygen atoms in total. The first-order chi connectivity index (χ1) is 9.08. The summed E-state index contributed by atoms with van der Waals surface area (Å²) >= 11 is 0. The molecule has 0 amide bonds. The Labute approximate surface area is 114 Å². The molecule has 2 rings (SSSR count). The van der Waals surface area contributed by atoms with Gasteiger partial charge < -0.3 is 10.5 Å². The van der Waals surface area contributed by atoms with E-state index in [9.17, 15) is 4.79 Å². The maximum Gasteiger partial charge on any atom is 0.331 e. The van der Waals surface area contributed by atoms with Crippen molar-refractivity contribution >= 4 is 5.97 Å². The maximum atomic E-state index is 12.2. The highest BCUT2D eigenvalue weighted by Gasteiger charge is 2.40. The van der Waals surface area contributed by atoms with Crippen molar-refractivity contribution < 1.29 is 9.53 Å². The van der Waals surface area contributed by atoms with Crippen molar-refractivity contribution in [3.8, 4) is 0 Å². The lowest BCUT2D eigenvalue weighted by Crippen LogP contribution is -2.54. The second-order valence-electron chi connectivity index (χ2n) is 5.29. The van der Waals surface area contributed by atoms with E-state index in [-0.39, 0.29) is 5.97 Å². The van der Waals surface area contributed by atoms with Gasteiger partial charge in [0, 0.05) is 12.6 Å². The van der Waals surface area contributed by atoms with E-state index in [1.54, 1.807) is 0 Å². The number of esters is 1. The third-order valence-electron chi connectivity index (χ3n) is 3.98. The molecule has 0 aromatic heterocycles. The summed E-state index contributed by atoms with van der Waals surface area (Å²) in [6.07, 6.45) is 2.32. The fourth-order valence-corrected chi connectivity index (χ4v) is 2.74. The van der Waals surface area contributed by atoms with Crippen molar-refractivity contribution in [2.75, 3.05) is 20.2 Å². The summed E-state index contributed by atoms with van der Waals surface area (Å²) in [5.41, 5.74) is 6.12. The quantitative estimate of drug-likeness (QED) is 0.835. The number of rotatable bonds is 4. The first kappa shape index (κ1) is 14.0. The minimum Gasteiger partial charge on any atom is -0.467 e. The number of carbonyl (C=O) groups excluding carboxylic acids is 1. The topological polar surface area (TPSA) is 55.6 Å². The average molecular weight is 262 g/mol. The van der Waals surface area contributed by atoms with Crippen LogP contribution in [0.1, 0.15) is 25.3 Å². The Morgan fingerprint density at radius 1 is 1.47 bits per heavy atom. The van der Waals surface area contributed by atoms with Crippen molar-refractivity contribution in [3.05, 3.63) is 35.9 Å².